The summed E-state index contributed by atoms with van der Waals surface area (Å²) in [5, 5.41) is 0. The van der Waals surface area contributed by atoms with Crippen molar-refractivity contribution in [3.05, 3.63) is 23.8 Å². The molecule has 176 valence electrons. The Balaban J connectivity index is 4.03. The van der Waals surface area contributed by atoms with E-state index in [2.05, 4.69) is 0 Å². The van der Waals surface area contributed by atoms with Crippen molar-refractivity contribution in [2.45, 2.75) is 47.2 Å². The standard InChI is InChI=1S/C12H6F14O3S/c13-7(9(15,16)17,10(18,19)20)5-2-1-3-6(4-5,30(27,28)29)8(14,11(21,22)23)12(24,25)26/h1-3H,4H2,(H,27,28,29). The van der Waals surface area contributed by atoms with Gasteiger partial charge in [-0.05, 0) is 5.57 Å². The van der Waals surface area contributed by atoms with Gasteiger partial charge in [0.15, 0.2) is 4.75 Å². The van der Waals surface area contributed by atoms with Gasteiger partial charge in [-0.15, -0.1) is 0 Å². The molecular formula is C12H6F14O3S. The predicted octanol–water partition coefficient (Wildman–Crippen LogP) is 5.17. The average molecular weight is 496 g/mol. The highest BCUT2D eigenvalue weighted by atomic mass is 32.2. The van der Waals surface area contributed by atoms with E-state index in [9.17, 15) is 69.9 Å². The van der Waals surface area contributed by atoms with Crippen molar-refractivity contribution in [1.29, 1.82) is 0 Å². The maximum Gasteiger partial charge on any atom is 0.435 e. The molecule has 3 nitrogen and oxygen atoms in total. The van der Waals surface area contributed by atoms with E-state index in [0.717, 1.165) is 0 Å². The summed E-state index contributed by atoms with van der Waals surface area (Å²) < 4.78 is 209. The molecule has 0 radical (unpaired) electrons. The van der Waals surface area contributed by atoms with E-state index in [-0.39, 0.29) is 0 Å². The van der Waals surface area contributed by atoms with Gasteiger partial charge in [-0.1, -0.05) is 18.2 Å². The van der Waals surface area contributed by atoms with Crippen LogP contribution in [0.2, 0.25) is 0 Å². The van der Waals surface area contributed by atoms with Crippen molar-refractivity contribution >= 4 is 10.1 Å². The van der Waals surface area contributed by atoms with Gasteiger partial charge in [0.05, 0.1) is 0 Å². The van der Waals surface area contributed by atoms with Crippen LogP contribution >= 0.6 is 0 Å². The molecule has 0 aromatic heterocycles. The third-order valence-electron chi connectivity index (χ3n) is 4.16. The Bertz CT molecular complexity index is 813. The topological polar surface area (TPSA) is 54.4 Å². The third-order valence-corrected chi connectivity index (χ3v) is 5.65. The van der Waals surface area contributed by atoms with E-state index >= 15 is 0 Å². The van der Waals surface area contributed by atoms with E-state index in [0.29, 0.717) is 0 Å². The average Bonchev–Trinajstić information content (AvgIpc) is 2.47. The van der Waals surface area contributed by atoms with Crippen LogP contribution in [0, 0.1) is 0 Å². The zero-order valence-corrected chi connectivity index (χ0v) is 14.2. The first-order valence-corrected chi connectivity index (χ1v) is 8.26. The molecule has 1 rings (SSSR count). The van der Waals surface area contributed by atoms with E-state index in [1.165, 1.54) is 0 Å². The monoisotopic (exact) mass is 496 g/mol. The van der Waals surface area contributed by atoms with Crippen LogP contribution in [0.1, 0.15) is 6.42 Å². The van der Waals surface area contributed by atoms with Crippen LogP contribution in [0.4, 0.5) is 61.5 Å². The molecule has 18 heteroatoms. The summed E-state index contributed by atoms with van der Waals surface area (Å²) in [7, 11) is -7.14. The Morgan fingerprint density at radius 2 is 1.10 bits per heavy atom. The zero-order valence-electron chi connectivity index (χ0n) is 13.4. The maximum atomic E-state index is 14.4. The maximum absolute atomic E-state index is 14.4. The first-order chi connectivity index (χ1) is 12.8. The first kappa shape index (κ1) is 26.4. The van der Waals surface area contributed by atoms with Gasteiger partial charge in [0.25, 0.3) is 10.1 Å². The molecule has 0 fully saturated rings. The lowest BCUT2D eigenvalue weighted by molar-refractivity contribution is -0.350. The summed E-state index contributed by atoms with van der Waals surface area (Å²) >= 11 is 0. The fourth-order valence-corrected chi connectivity index (χ4v) is 3.89. The highest BCUT2D eigenvalue weighted by molar-refractivity contribution is 7.87. The SMILES string of the molecule is O=S(=O)(O)C1(C(F)(C(F)(F)F)C(F)(F)F)C=CC=C(C(F)(C(F)(F)F)C(F)(F)F)C1. The van der Waals surface area contributed by atoms with Crippen LogP contribution in [0.3, 0.4) is 0 Å². The molecule has 0 aliphatic heterocycles. The van der Waals surface area contributed by atoms with Gasteiger partial charge in [0, 0.05) is 6.42 Å². The van der Waals surface area contributed by atoms with Gasteiger partial charge in [-0.2, -0.15) is 61.1 Å². The van der Waals surface area contributed by atoms with Gasteiger partial charge in [-0.3, -0.25) is 4.55 Å². The van der Waals surface area contributed by atoms with E-state index in [1.54, 1.807) is 0 Å². The van der Waals surface area contributed by atoms with Crippen molar-refractivity contribution in [3.8, 4) is 0 Å². The molecular weight excluding hydrogens is 490 g/mol. The van der Waals surface area contributed by atoms with Gasteiger partial charge in [0.1, 0.15) is 0 Å². The highest BCUT2D eigenvalue weighted by Crippen LogP contribution is 2.61. The predicted molar refractivity (Wildman–Crippen MR) is 68.0 cm³/mol. The van der Waals surface area contributed by atoms with E-state index in [4.69, 9.17) is 4.55 Å². The molecule has 0 amide bonds. The number of hydrogen-bond acceptors (Lipinski definition) is 2. The van der Waals surface area contributed by atoms with Crippen LogP contribution in [-0.2, 0) is 10.1 Å². The van der Waals surface area contributed by atoms with E-state index in [1.807, 2.05) is 0 Å². The molecule has 0 bridgehead atoms. The van der Waals surface area contributed by atoms with Crippen molar-refractivity contribution in [3.63, 3.8) is 0 Å². The summed E-state index contributed by atoms with van der Waals surface area (Å²) in [4.78, 5) is 0. The number of alkyl halides is 14. The first-order valence-electron chi connectivity index (χ1n) is 6.82. The van der Waals surface area contributed by atoms with Crippen LogP contribution in [0.25, 0.3) is 0 Å². The molecule has 1 N–H and O–H groups in total. The minimum Gasteiger partial charge on any atom is -0.285 e. The summed E-state index contributed by atoms with van der Waals surface area (Å²) in [5.74, 6) is 0. The Morgan fingerprint density at radius 3 is 1.37 bits per heavy atom. The second-order valence-electron chi connectivity index (χ2n) is 5.90. The summed E-state index contributed by atoms with van der Waals surface area (Å²) in [6.45, 7) is 0. The fraction of sp³-hybridized carbons (Fsp3) is 0.667. The lowest BCUT2D eigenvalue weighted by atomic mass is 9.75. The molecule has 0 aromatic carbocycles. The summed E-state index contributed by atoms with van der Waals surface area (Å²) in [5.41, 5.74) is -16.9. The smallest absolute Gasteiger partial charge is 0.285 e. The molecule has 1 atom stereocenters. The highest BCUT2D eigenvalue weighted by Gasteiger charge is 2.86. The minimum absolute atomic E-state index is 0.607. The molecule has 1 aliphatic carbocycles. The molecule has 1 aliphatic rings. The molecule has 0 saturated carbocycles. The largest absolute Gasteiger partial charge is 0.435 e. The van der Waals surface area contributed by atoms with Crippen LogP contribution in [0.15, 0.2) is 23.8 Å². The number of hydrogen-bond donors (Lipinski definition) is 1. The van der Waals surface area contributed by atoms with E-state index < -0.39 is 81.1 Å². The third kappa shape index (κ3) is 3.44. The Labute approximate surface area is 156 Å². The van der Waals surface area contributed by atoms with Gasteiger partial charge >= 0.3 is 36.0 Å². The number of halogens is 14. The number of allylic oxidation sites excluding steroid dienone is 3. The lowest BCUT2D eigenvalue weighted by Crippen LogP contribution is -2.71. The summed E-state index contributed by atoms with van der Waals surface area (Å²) in [6, 6.07) is 0. The second-order valence-corrected chi connectivity index (χ2v) is 7.58. The van der Waals surface area contributed by atoms with Gasteiger partial charge < -0.3 is 0 Å². The normalized spacial score (nSPS) is 22.8. The van der Waals surface area contributed by atoms with Crippen molar-refractivity contribution in [1.82, 2.24) is 0 Å². The van der Waals surface area contributed by atoms with Crippen LogP contribution in [-0.4, -0.2) is 53.8 Å². The van der Waals surface area contributed by atoms with Crippen molar-refractivity contribution in [2.24, 2.45) is 0 Å². The zero-order chi connectivity index (χ0) is 24.4. The fourth-order valence-electron chi connectivity index (χ4n) is 2.71. The van der Waals surface area contributed by atoms with Crippen LogP contribution in [0.5, 0.6) is 0 Å². The molecule has 0 spiro atoms. The van der Waals surface area contributed by atoms with Crippen molar-refractivity contribution < 1.29 is 74.4 Å². The quantitative estimate of drug-likeness (QED) is 0.434. The van der Waals surface area contributed by atoms with Gasteiger partial charge in [0.2, 0.25) is 0 Å². The molecule has 0 saturated heterocycles. The van der Waals surface area contributed by atoms with Crippen LogP contribution < -0.4 is 0 Å². The Hall–Kier alpha value is -1.59. The number of rotatable bonds is 3. The molecule has 30 heavy (non-hydrogen) atoms. The molecule has 0 aromatic rings. The minimum atomic E-state index is -7.36. The Morgan fingerprint density at radius 1 is 0.733 bits per heavy atom. The second kappa shape index (κ2) is 6.70. The van der Waals surface area contributed by atoms with Crippen molar-refractivity contribution in [2.75, 3.05) is 0 Å². The molecule has 0 heterocycles. The lowest BCUT2D eigenvalue weighted by Gasteiger charge is -2.45. The molecule has 1 unspecified atom stereocenters. The van der Waals surface area contributed by atoms with Gasteiger partial charge in [-0.25, -0.2) is 8.78 Å². The summed E-state index contributed by atoms with van der Waals surface area (Å²) in [6.07, 6.45) is -34.4. The Kier molecular flexibility index (Phi) is 5.91.